The third-order valence-corrected chi connectivity index (χ3v) is 3.00. The Labute approximate surface area is 121 Å². The van der Waals surface area contributed by atoms with Gasteiger partial charge in [0.2, 0.25) is 0 Å². The smallest absolute Gasteiger partial charge is 0.357 e. The summed E-state index contributed by atoms with van der Waals surface area (Å²) in [6.45, 7) is 0.107. The molecule has 0 fully saturated rings. The molecular weight excluding hydrogens is 266 g/mol. The lowest BCUT2D eigenvalue weighted by Crippen LogP contribution is -2.08. The van der Waals surface area contributed by atoms with Gasteiger partial charge in [-0.3, -0.25) is 0 Å². The average molecular weight is 279 g/mol. The molecule has 2 aromatic heterocycles. The van der Waals surface area contributed by atoms with E-state index >= 15 is 0 Å². The van der Waals surface area contributed by atoms with Crippen LogP contribution in [0.5, 0.6) is 0 Å². The first-order chi connectivity index (χ1) is 10.2. The van der Waals surface area contributed by atoms with Crippen molar-refractivity contribution in [1.29, 1.82) is 0 Å². The molecule has 0 unspecified atom stereocenters. The second kappa shape index (κ2) is 5.58. The van der Waals surface area contributed by atoms with Crippen LogP contribution in [0.25, 0.3) is 10.9 Å². The second-order valence-corrected chi connectivity index (χ2v) is 4.55. The number of hydrogen-bond acceptors (Lipinski definition) is 5. The molecule has 0 amide bonds. The number of nitrogens with zero attached hydrogens (tertiary/aromatic N) is 2. The maximum Gasteiger partial charge on any atom is 0.357 e. The Morgan fingerprint density at radius 3 is 2.76 bits per heavy atom. The number of rotatable bonds is 3. The van der Waals surface area contributed by atoms with E-state index in [0.717, 1.165) is 10.9 Å². The van der Waals surface area contributed by atoms with E-state index in [1.165, 1.54) is 12.3 Å². The zero-order valence-electron chi connectivity index (χ0n) is 11.2. The number of carbonyl (C=O) groups is 1. The number of nitrogen functional groups attached to an aromatic ring is 1. The van der Waals surface area contributed by atoms with E-state index in [1.54, 1.807) is 6.07 Å². The molecule has 5 nitrogen and oxygen atoms in total. The van der Waals surface area contributed by atoms with Crippen molar-refractivity contribution >= 4 is 22.6 Å². The summed E-state index contributed by atoms with van der Waals surface area (Å²) in [6, 6.07) is 14.7. The summed E-state index contributed by atoms with van der Waals surface area (Å²) in [4.78, 5) is 20.2. The van der Waals surface area contributed by atoms with E-state index in [9.17, 15) is 4.79 Å². The summed E-state index contributed by atoms with van der Waals surface area (Å²) in [7, 11) is 0. The lowest BCUT2D eigenvalue weighted by atomic mass is 10.2. The van der Waals surface area contributed by atoms with Gasteiger partial charge in [0.25, 0.3) is 0 Å². The summed E-state index contributed by atoms with van der Waals surface area (Å²) >= 11 is 0. The molecule has 21 heavy (non-hydrogen) atoms. The van der Waals surface area contributed by atoms with Gasteiger partial charge in [0.05, 0.1) is 23.1 Å². The minimum absolute atomic E-state index is 0.107. The summed E-state index contributed by atoms with van der Waals surface area (Å²) in [5.41, 5.74) is 7.81. The fourth-order valence-corrected chi connectivity index (χ4v) is 1.93. The zero-order valence-corrected chi connectivity index (χ0v) is 11.2. The van der Waals surface area contributed by atoms with Gasteiger partial charge in [-0.15, -0.1) is 0 Å². The highest BCUT2D eigenvalue weighted by Crippen LogP contribution is 2.12. The van der Waals surface area contributed by atoms with Crippen LogP contribution in [0.1, 0.15) is 16.2 Å². The SMILES string of the molecule is Nc1ccc(C(=O)OCc2ccc3ccccc3n2)nc1. The molecule has 0 saturated heterocycles. The van der Waals surface area contributed by atoms with Crippen LogP contribution in [-0.4, -0.2) is 15.9 Å². The lowest BCUT2D eigenvalue weighted by Gasteiger charge is -2.05. The number of ether oxygens (including phenoxy) is 1. The van der Waals surface area contributed by atoms with E-state index in [2.05, 4.69) is 9.97 Å². The van der Waals surface area contributed by atoms with Crippen molar-refractivity contribution in [3.05, 3.63) is 66.1 Å². The fraction of sp³-hybridized carbons (Fsp3) is 0.0625. The molecule has 3 aromatic rings. The van der Waals surface area contributed by atoms with Crippen LogP contribution in [0.15, 0.2) is 54.7 Å². The minimum atomic E-state index is -0.495. The molecule has 0 aliphatic heterocycles. The minimum Gasteiger partial charge on any atom is -0.454 e. The number of benzene rings is 1. The van der Waals surface area contributed by atoms with Crippen LogP contribution < -0.4 is 5.73 Å². The van der Waals surface area contributed by atoms with E-state index in [1.807, 2.05) is 36.4 Å². The summed E-state index contributed by atoms with van der Waals surface area (Å²) in [5.74, 6) is -0.495. The van der Waals surface area contributed by atoms with Gasteiger partial charge in [0, 0.05) is 5.39 Å². The molecule has 0 spiro atoms. The lowest BCUT2D eigenvalue weighted by molar-refractivity contribution is 0.0461. The van der Waals surface area contributed by atoms with Gasteiger partial charge in [-0.25, -0.2) is 14.8 Å². The van der Waals surface area contributed by atoms with Gasteiger partial charge in [-0.1, -0.05) is 24.3 Å². The second-order valence-electron chi connectivity index (χ2n) is 4.55. The van der Waals surface area contributed by atoms with Crippen molar-refractivity contribution in [1.82, 2.24) is 9.97 Å². The van der Waals surface area contributed by atoms with Crippen LogP contribution in [0, 0.1) is 0 Å². The third-order valence-electron chi connectivity index (χ3n) is 3.00. The molecule has 1 aromatic carbocycles. The molecular formula is C16H13N3O2. The largest absolute Gasteiger partial charge is 0.454 e. The molecule has 0 bridgehead atoms. The number of aromatic nitrogens is 2. The van der Waals surface area contributed by atoms with E-state index < -0.39 is 5.97 Å². The van der Waals surface area contributed by atoms with Gasteiger partial charge < -0.3 is 10.5 Å². The van der Waals surface area contributed by atoms with Crippen LogP contribution >= 0.6 is 0 Å². The number of carbonyl (C=O) groups excluding carboxylic acids is 1. The average Bonchev–Trinajstić information content (AvgIpc) is 2.53. The molecule has 104 valence electrons. The van der Waals surface area contributed by atoms with Crippen LogP contribution in [0.4, 0.5) is 5.69 Å². The zero-order chi connectivity index (χ0) is 14.7. The first kappa shape index (κ1) is 13.1. The molecule has 0 radical (unpaired) electrons. The molecule has 0 aliphatic rings. The van der Waals surface area contributed by atoms with Crippen molar-refractivity contribution in [3.63, 3.8) is 0 Å². The van der Waals surface area contributed by atoms with Gasteiger partial charge in [-0.05, 0) is 24.3 Å². The van der Waals surface area contributed by atoms with E-state index in [0.29, 0.717) is 11.4 Å². The number of fused-ring (bicyclic) bond motifs is 1. The maximum absolute atomic E-state index is 11.8. The predicted molar refractivity (Wildman–Crippen MR) is 79.5 cm³/mol. The highest BCUT2D eigenvalue weighted by Gasteiger charge is 2.09. The Morgan fingerprint density at radius 2 is 1.95 bits per heavy atom. The Morgan fingerprint density at radius 1 is 1.10 bits per heavy atom. The Bertz CT molecular complexity index is 785. The number of para-hydroxylation sites is 1. The molecule has 0 atom stereocenters. The number of nitrogens with two attached hydrogens (primary N) is 1. The van der Waals surface area contributed by atoms with Gasteiger partial charge in [-0.2, -0.15) is 0 Å². The first-order valence-electron chi connectivity index (χ1n) is 6.46. The fourth-order valence-electron chi connectivity index (χ4n) is 1.93. The monoisotopic (exact) mass is 279 g/mol. The van der Waals surface area contributed by atoms with Crippen molar-refractivity contribution < 1.29 is 9.53 Å². The summed E-state index contributed by atoms with van der Waals surface area (Å²) in [5, 5.41) is 1.05. The topological polar surface area (TPSA) is 78.1 Å². The van der Waals surface area contributed by atoms with Gasteiger partial charge in [0.15, 0.2) is 0 Å². The molecule has 5 heteroatoms. The van der Waals surface area contributed by atoms with E-state index in [4.69, 9.17) is 10.5 Å². The first-order valence-corrected chi connectivity index (χ1v) is 6.46. The van der Waals surface area contributed by atoms with Gasteiger partial charge in [0.1, 0.15) is 12.3 Å². The maximum atomic E-state index is 11.8. The summed E-state index contributed by atoms with van der Waals surface area (Å²) in [6.07, 6.45) is 1.42. The highest BCUT2D eigenvalue weighted by atomic mass is 16.5. The number of esters is 1. The summed E-state index contributed by atoms with van der Waals surface area (Å²) < 4.78 is 5.20. The predicted octanol–water partition coefficient (Wildman–Crippen LogP) is 2.57. The molecule has 2 N–H and O–H groups in total. The molecule has 0 aliphatic carbocycles. The third kappa shape index (κ3) is 2.97. The quantitative estimate of drug-likeness (QED) is 0.745. The Kier molecular flexibility index (Phi) is 3.47. The van der Waals surface area contributed by atoms with Crippen LogP contribution in [0.2, 0.25) is 0 Å². The molecule has 3 rings (SSSR count). The van der Waals surface area contributed by atoms with Crippen LogP contribution in [-0.2, 0) is 11.3 Å². The van der Waals surface area contributed by atoms with Crippen molar-refractivity contribution in [2.45, 2.75) is 6.61 Å². The molecule has 0 saturated carbocycles. The Hall–Kier alpha value is -2.95. The van der Waals surface area contributed by atoms with Crippen LogP contribution in [0.3, 0.4) is 0 Å². The number of pyridine rings is 2. The van der Waals surface area contributed by atoms with Crippen molar-refractivity contribution in [2.75, 3.05) is 5.73 Å². The number of hydrogen-bond donors (Lipinski definition) is 1. The van der Waals surface area contributed by atoms with Crippen molar-refractivity contribution in [2.24, 2.45) is 0 Å². The van der Waals surface area contributed by atoms with Gasteiger partial charge >= 0.3 is 5.97 Å². The highest BCUT2D eigenvalue weighted by molar-refractivity contribution is 5.87. The standard InChI is InChI=1S/C16H13N3O2/c17-12-6-8-15(18-9-12)16(20)21-10-13-7-5-11-3-1-2-4-14(11)19-13/h1-9H,10,17H2. The Balaban J connectivity index is 1.71. The normalized spacial score (nSPS) is 10.5. The molecule has 2 heterocycles. The van der Waals surface area contributed by atoms with Crippen molar-refractivity contribution in [3.8, 4) is 0 Å². The number of anilines is 1. The van der Waals surface area contributed by atoms with E-state index in [-0.39, 0.29) is 12.3 Å².